The molecular formula is C20H22N2O5. The summed E-state index contributed by atoms with van der Waals surface area (Å²) in [7, 11) is 0. The number of carbonyl (C=O) groups excluding carboxylic acids is 2. The molecule has 2 rings (SSSR count). The summed E-state index contributed by atoms with van der Waals surface area (Å²) >= 11 is 0. The van der Waals surface area contributed by atoms with E-state index < -0.39 is 23.4 Å². The Morgan fingerprint density at radius 1 is 1.07 bits per heavy atom. The molecule has 0 aliphatic carbocycles. The molecule has 0 radical (unpaired) electrons. The van der Waals surface area contributed by atoms with Crippen LogP contribution in [0.2, 0.25) is 0 Å². The molecule has 1 atom stereocenters. The number of nitrogens with zero attached hydrogens (tertiary/aromatic N) is 1. The predicted molar refractivity (Wildman–Crippen MR) is 100 cm³/mol. The first kappa shape index (κ1) is 20.1. The van der Waals surface area contributed by atoms with Gasteiger partial charge in [-0.2, -0.15) is 0 Å². The van der Waals surface area contributed by atoms with Crippen LogP contribution in [0, 0.1) is 16.0 Å². The average molecular weight is 370 g/mol. The van der Waals surface area contributed by atoms with Gasteiger partial charge in [-0.05, 0) is 24.0 Å². The maximum atomic E-state index is 12.2. The highest BCUT2D eigenvalue weighted by molar-refractivity contribution is 5.95. The third kappa shape index (κ3) is 5.91. The summed E-state index contributed by atoms with van der Waals surface area (Å²) in [6.45, 7) is 3.60. The largest absolute Gasteiger partial charge is 0.452 e. The Morgan fingerprint density at radius 3 is 2.33 bits per heavy atom. The van der Waals surface area contributed by atoms with Crippen molar-refractivity contribution in [2.24, 2.45) is 5.92 Å². The highest BCUT2D eigenvalue weighted by Gasteiger charge is 2.22. The van der Waals surface area contributed by atoms with E-state index in [1.54, 1.807) is 0 Å². The minimum Gasteiger partial charge on any atom is -0.452 e. The van der Waals surface area contributed by atoms with Gasteiger partial charge >= 0.3 is 5.97 Å². The van der Waals surface area contributed by atoms with Gasteiger partial charge < -0.3 is 10.1 Å². The fraction of sp³-hybridized carbons (Fsp3) is 0.300. The number of amides is 1. The molecule has 27 heavy (non-hydrogen) atoms. The number of ether oxygens (including phenoxy) is 1. The number of rotatable bonds is 8. The molecule has 2 aromatic carbocycles. The molecule has 0 unspecified atom stereocenters. The van der Waals surface area contributed by atoms with E-state index in [2.05, 4.69) is 19.2 Å². The van der Waals surface area contributed by atoms with Crippen LogP contribution < -0.4 is 5.32 Å². The lowest BCUT2D eigenvalue weighted by molar-refractivity contribution is -0.385. The van der Waals surface area contributed by atoms with Crippen LogP contribution in [-0.4, -0.2) is 23.4 Å². The molecule has 2 aromatic rings. The van der Waals surface area contributed by atoms with Crippen molar-refractivity contribution in [3.8, 4) is 0 Å². The molecule has 7 heteroatoms. The Labute approximate surface area is 157 Å². The Hall–Kier alpha value is -3.22. The Balaban J connectivity index is 2.00. The number of carbonyl (C=O) groups is 2. The molecule has 1 amide bonds. The zero-order chi connectivity index (χ0) is 19.8. The number of nitro benzene ring substituents is 1. The monoisotopic (exact) mass is 370 g/mol. The lowest BCUT2D eigenvalue weighted by Crippen LogP contribution is -2.33. The summed E-state index contributed by atoms with van der Waals surface area (Å²) in [6, 6.07) is 14.8. The summed E-state index contributed by atoms with van der Waals surface area (Å²) in [4.78, 5) is 34.7. The van der Waals surface area contributed by atoms with Gasteiger partial charge in [0, 0.05) is 6.07 Å². The van der Waals surface area contributed by atoms with Gasteiger partial charge in [0.25, 0.3) is 11.6 Å². The molecule has 142 valence electrons. The van der Waals surface area contributed by atoms with E-state index in [0.29, 0.717) is 5.92 Å². The van der Waals surface area contributed by atoms with Crippen molar-refractivity contribution in [1.29, 1.82) is 0 Å². The number of nitrogens with one attached hydrogen (secondary N) is 1. The van der Waals surface area contributed by atoms with E-state index in [1.807, 2.05) is 30.3 Å². The van der Waals surface area contributed by atoms with Gasteiger partial charge in [-0.25, -0.2) is 4.79 Å². The Morgan fingerprint density at radius 2 is 1.70 bits per heavy atom. The van der Waals surface area contributed by atoms with Gasteiger partial charge in [0.1, 0.15) is 5.56 Å². The summed E-state index contributed by atoms with van der Waals surface area (Å²) in [5, 5.41) is 13.8. The lowest BCUT2D eigenvalue weighted by atomic mass is 9.97. The van der Waals surface area contributed by atoms with Crippen molar-refractivity contribution < 1.29 is 19.2 Å². The molecule has 0 aliphatic heterocycles. The maximum Gasteiger partial charge on any atom is 0.345 e. The minimum absolute atomic E-state index is 0.183. The zero-order valence-corrected chi connectivity index (χ0v) is 15.3. The van der Waals surface area contributed by atoms with E-state index in [4.69, 9.17) is 4.74 Å². The van der Waals surface area contributed by atoms with Crippen LogP contribution in [0.3, 0.4) is 0 Å². The molecule has 0 aromatic heterocycles. The quantitative estimate of drug-likeness (QED) is 0.434. The number of hydrogen-bond acceptors (Lipinski definition) is 5. The van der Waals surface area contributed by atoms with E-state index in [9.17, 15) is 19.7 Å². The van der Waals surface area contributed by atoms with Crippen molar-refractivity contribution in [3.05, 3.63) is 75.8 Å². The van der Waals surface area contributed by atoms with Gasteiger partial charge in [0.05, 0.1) is 11.0 Å². The van der Waals surface area contributed by atoms with Crippen molar-refractivity contribution in [2.75, 3.05) is 6.61 Å². The Kier molecular flexibility index (Phi) is 7.05. The van der Waals surface area contributed by atoms with E-state index in [0.717, 1.165) is 12.0 Å². The Bertz CT molecular complexity index is 805. The molecule has 0 bridgehead atoms. The number of benzene rings is 2. The van der Waals surface area contributed by atoms with Crippen LogP contribution in [0.5, 0.6) is 0 Å². The van der Waals surface area contributed by atoms with Gasteiger partial charge in [-0.1, -0.05) is 56.3 Å². The van der Waals surface area contributed by atoms with Crippen molar-refractivity contribution in [1.82, 2.24) is 5.32 Å². The van der Waals surface area contributed by atoms with Gasteiger partial charge in [0.15, 0.2) is 6.61 Å². The molecule has 0 saturated heterocycles. The second kappa shape index (κ2) is 9.47. The van der Waals surface area contributed by atoms with Gasteiger partial charge in [-0.3, -0.25) is 14.9 Å². The van der Waals surface area contributed by atoms with Crippen molar-refractivity contribution in [3.63, 3.8) is 0 Å². The van der Waals surface area contributed by atoms with Crippen LogP contribution in [0.4, 0.5) is 5.69 Å². The summed E-state index contributed by atoms with van der Waals surface area (Å²) in [5.41, 5.74) is 0.423. The fourth-order valence-electron chi connectivity index (χ4n) is 2.69. The summed E-state index contributed by atoms with van der Waals surface area (Å²) in [6.07, 6.45) is 0.730. The number of nitro groups is 1. The van der Waals surface area contributed by atoms with Crippen LogP contribution >= 0.6 is 0 Å². The van der Waals surface area contributed by atoms with Gasteiger partial charge in [0.2, 0.25) is 0 Å². The smallest absolute Gasteiger partial charge is 0.345 e. The molecule has 0 saturated carbocycles. The summed E-state index contributed by atoms with van der Waals surface area (Å²) < 4.78 is 4.97. The third-order valence-electron chi connectivity index (χ3n) is 3.90. The topological polar surface area (TPSA) is 98.5 Å². The molecule has 0 fully saturated rings. The van der Waals surface area contributed by atoms with E-state index in [-0.39, 0.29) is 17.3 Å². The van der Waals surface area contributed by atoms with Crippen LogP contribution in [-0.2, 0) is 9.53 Å². The van der Waals surface area contributed by atoms with E-state index in [1.165, 1.54) is 24.3 Å². The SMILES string of the molecule is CC(C)C[C@@H](NC(=O)COC(=O)c1ccccc1[N+](=O)[O-])c1ccccc1. The first-order valence-electron chi connectivity index (χ1n) is 8.63. The van der Waals surface area contributed by atoms with Crippen LogP contribution in [0.15, 0.2) is 54.6 Å². The number of para-hydroxylation sites is 1. The van der Waals surface area contributed by atoms with Gasteiger partial charge in [-0.15, -0.1) is 0 Å². The van der Waals surface area contributed by atoms with E-state index >= 15 is 0 Å². The lowest BCUT2D eigenvalue weighted by Gasteiger charge is -2.21. The molecule has 0 heterocycles. The maximum absolute atomic E-state index is 12.2. The predicted octanol–water partition coefficient (Wildman–Crippen LogP) is 3.66. The fourth-order valence-corrected chi connectivity index (χ4v) is 2.69. The molecule has 0 spiro atoms. The average Bonchev–Trinajstić information content (AvgIpc) is 2.66. The number of esters is 1. The van der Waals surface area contributed by atoms with Crippen molar-refractivity contribution >= 4 is 17.6 Å². The normalized spacial score (nSPS) is 11.7. The summed E-state index contributed by atoms with van der Waals surface area (Å²) in [5.74, 6) is -1.01. The second-order valence-electron chi connectivity index (χ2n) is 6.51. The highest BCUT2D eigenvalue weighted by atomic mass is 16.6. The zero-order valence-electron chi connectivity index (χ0n) is 15.3. The third-order valence-corrected chi connectivity index (χ3v) is 3.90. The van der Waals surface area contributed by atoms with Crippen molar-refractivity contribution in [2.45, 2.75) is 26.3 Å². The first-order valence-corrected chi connectivity index (χ1v) is 8.63. The standard InChI is InChI=1S/C20H22N2O5/c1-14(2)12-17(15-8-4-3-5-9-15)21-19(23)13-27-20(24)16-10-6-7-11-18(16)22(25)26/h3-11,14,17H,12-13H2,1-2H3,(H,21,23)/t17-/m1/s1. The highest BCUT2D eigenvalue weighted by Crippen LogP contribution is 2.21. The molecule has 7 nitrogen and oxygen atoms in total. The first-order chi connectivity index (χ1) is 12.9. The molecule has 1 N–H and O–H groups in total. The second-order valence-corrected chi connectivity index (χ2v) is 6.51. The van der Waals surface area contributed by atoms with Crippen LogP contribution in [0.1, 0.15) is 42.2 Å². The minimum atomic E-state index is -0.905. The number of hydrogen-bond donors (Lipinski definition) is 1. The molecule has 0 aliphatic rings. The van der Waals surface area contributed by atoms with Crippen LogP contribution in [0.25, 0.3) is 0 Å². The molecular weight excluding hydrogens is 348 g/mol.